The number of aliphatic hydroxyl groups is 1. The van der Waals surface area contributed by atoms with Gasteiger partial charge in [-0.2, -0.15) is 5.26 Å². The van der Waals surface area contributed by atoms with Crippen LogP contribution >= 0.6 is 0 Å². The molecule has 2 heterocycles. The molecule has 172 valence electrons. The molecule has 7 heteroatoms. The molecule has 1 saturated heterocycles. The van der Waals surface area contributed by atoms with Crippen molar-refractivity contribution in [3.63, 3.8) is 0 Å². The van der Waals surface area contributed by atoms with Crippen molar-refractivity contribution in [2.24, 2.45) is 0 Å². The first-order chi connectivity index (χ1) is 16.4. The number of rotatable bonds is 6. The van der Waals surface area contributed by atoms with Gasteiger partial charge in [0.1, 0.15) is 6.04 Å². The van der Waals surface area contributed by atoms with Crippen LogP contribution in [0.25, 0.3) is 11.1 Å². The second-order valence-electron chi connectivity index (χ2n) is 8.55. The number of pyridine rings is 1. The number of nitriles is 1. The molecule has 1 fully saturated rings. The third-order valence-corrected chi connectivity index (χ3v) is 6.24. The number of aromatic nitrogens is 1. The Morgan fingerprint density at radius 2 is 1.68 bits per heavy atom. The molecule has 0 saturated carbocycles. The van der Waals surface area contributed by atoms with Crippen LogP contribution in [-0.4, -0.2) is 64.5 Å². The van der Waals surface area contributed by atoms with Crippen molar-refractivity contribution in [2.45, 2.75) is 24.4 Å². The van der Waals surface area contributed by atoms with Gasteiger partial charge in [0.05, 0.1) is 25.1 Å². The zero-order valence-electron chi connectivity index (χ0n) is 19.1. The van der Waals surface area contributed by atoms with E-state index in [2.05, 4.69) is 11.1 Å². The molecule has 0 spiro atoms. The number of hydrogen-bond acceptors (Lipinski definition) is 5. The van der Waals surface area contributed by atoms with Gasteiger partial charge in [-0.1, -0.05) is 42.5 Å². The van der Waals surface area contributed by atoms with Gasteiger partial charge in [-0.05, 0) is 41.0 Å². The molecule has 1 aromatic heterocycles. The molecule has 1 N–H and O–H groups in total. The summed E-state index contributed by atoms with van der Waals surface area (Å²) in [7, 11) is 3.44. The molecule has 0 unspecified atom stereocenters. The Labute approximate surface area is 198 Å². The van der Waals surface area contributed by atoms with Crippen LogP contribution in [0.5, 0.6) is 0 Å². The molecular weight excluding hydrogens is 428 g/mol. The molecule has 1 aliphatic rings. The normalized spacial score (nSPS) is 19.1. The van der Waals surface area contributed by atoms with Crippen LogP contribution in [0, 0.1) is 11.3 Å². The monoisotopic (exact) mass is 454 g/mol. The van der Waals surface area contributed by atoms with Crippen LogP contribution in [0.1, 0.15) is 27.5 Å². The number of carbonyl (C=O) groups is 2. The quantitative estimate of drug-likeness (QED) is 0.618. The van der Waals surface area contributed by atoms with E-state index in [1.807, 2.05) is 42.5 Å². The average Bonchev–Trinajstić information content (AvgIpc) is 2.84. The summed E-state index contributed by atoms with van der Waals surface area (Å²) in [6.45, 7) is -0.222. The van der Waals surface area contributed by atoms with E-state index in [0.29, 0.717) is 11.3 Å². The average molecular weight is 455 g/mol. The predicted molar refractivity (Wildman–Crippen MR) is 128 cm³/mol. The number of carbonyl (C=O) groups excluding carboxylic acids is 2. The molecule has 2 amide bonds. The van der Waals surface area contributed by atoms with Crippen LogP contribution in [0.2, 0.25) is 0 Å². The fourth-order valence-electron chi connectivity index (χ4n) is 4.46. The highest BCUT2D eigenvalue weighted by molar-refractivity contribution is 5.94. The summed E-state index contributed by atoms with van der Waals surface area (Å²) in [5, 5.41) is 19.8. The van der Waals surface area contributed by atoms with Crippen molar-refractivity contribution in [1.29, 1.82) is 5.26 Å². The highest BCUT2D eigenvalue weighted by atomic mass is 16.3. The number of aliphatic hydroxyl groups excluding tert-OH is 1. The first kappa shape index (κ1) is 23.1. The molecular formula is C27H26N4O3. The van der Waals surface area contributed by atoms with E-state index in [1.165, 1.54) is 9.80 Å². The van der Waals surface area contributed by atoms with Crippen molar-refractivity contribution < 1.29 is 14.7 Å². The van der Waals surface area contributed by atoms with E-state index in [0.717, 1.165) is 16.7 Å². The zero-order valence-corrected chi connectivity index (χ0v) is 19.1. The van der Waals surface area contributed by atoms with Crippen molar-refractivity contribution in [3.05, 3.63) is 89.7 Å². The lowest BCUT2D eigenvalue weighted by molar-refractivity contribution is -0.146. The summed E-state index contributed by atoms with van der Waals surface area (Å²) in [4.78, 5) is 32.2. The summed E-state index contributed by atoms with van der Waals surface area (Å²) in [6.07, 6.45) is 1.72. The maximum atomic E-state index is 12.9. The van der Waals surface area contributed by atoms with Gasteiger partial charge in [-0.15, -0.1) is 0 Å². The molecule has 4 rings (SSSR count). The number of amides is 2. The van der Waals surface area contributed by atoms with Gasteiger partial charge in [0, 0.05) is 37.5 Å². The third-order valence-electron chi connectivity index (χ3n) is 6.24. The minimum absolute atomic E-state index is 0.0494. The molecule has 0 radical (unpaired) electrons. The van der Waals surface area contributed by atoms with E-state index in [1.54, 1.807) is 44.6 Å². The summed E-state index contributed by atoms with van der Waals surface area (Å²) >= 11 is 0. The maximum Gasteiger partial charge on any atom is 0.253 e. The summed E-state index contributed by atoms with van der Waals surface area (Å²) in [5.74, 6) is -0.534. The summed E-state index contributed by atoms with van der Waals surface area (Å²) in [6, 6.07) is 21.7. The third kappa shape index (κ3) is 4.41. The predicted octanol–water partition coefficient (Wildman–Crippen LogP) is 2.87. The molecule has 2 aromatic carbocycles. The first-order valence-corrected chi connectivity index (χ1v) is 11.1. The maximum absolute atomic E-state index is 12.9. The van der Waals surface area contributed by atoms with E-state index >= 15 is 0 Å². The highest BCUT2D eigenvalue weighted by Gasteiger charge is 2.51. The molecule has 34 heavy (non-hydrogen) atoms. The highest BCUT2D eigenvalue weighted by Crippen LogP contribution is 2.41. The Morgan fingerprint density at radius 1 is 1.03 bits per heavy atom. The molecule has 0 aliphatic carbocycles. The van der Waals surface area contributed by atoms with Gasteiger partial charge in [-0.25, -0.2) is 0 Å². The lowest BCUT2D eigenvalue weighted by Crippen LogP contribution is -2.65. The van der Waals surface area contributed by atoms with Crippen molar-refractivity contribution >= 4 is 11.8 Å². The standard InChI is InChI=1S/C27H26N4O3/c1-30(2)27(34)21-12-8-19(9-13-21)18-6-10-20(11-7-18)26-23(16-28)31(24(26)17-32)25(33)15-22-5-3-4-14-29-22/h3-14,23-24,26,32H,15,17H2,1-2H3/t23-,24-,26-/m0/s1. The van der Waals surface area contributed by atoms with E-state index < -0.39 is 12.1 Å². The van der Waals surface area contributed by atoms with Crippen LogP contribution in [0.15, 0.2) is 72.9 Å². The van der Waals surface area contributed by atoms with Gasteiger partial charge >= 0.3 is 0 Å². The SMILES string of the molecule is CN(C)C(=O)c1ccc(-c2ccc([C@H]3[C@H](C#N)N(C(=O)Cc4ccccn4)[C@H]3CO)cc2)cc1. The fourth-order valence-corrected chi connectivity index (χ4v) is 4.46. The Balaban J connectivity index is 1.50. The Kier molecular flexibility index (Phi) is 6.71. The van der Waals surface area contributed by atoms with Gasteiger partial charge in [0.2, 0.25) is 5.91 Å². The summed E-state index contributed by atoms with van der Waals surface area (Å²) < 4.78 is 0. The second kappa shape index (κ2) is 9.86. The number of likely N-dealkylation sites (tertiary alicyclic amines) is 1. The van der Waals surface area contributed by atoms with Gasteiger partial charge < -0.3 is 14.9 Å². The van der Waals surface area contributed by atoms with Crippen molar-refractivity contribution in [2.75, 3.05) is 20.7 Å². The molecule has 3 aromatic rings. The summed E-state index contributed by atoms with van der Waals surface area (Å²) in [5.41, 5.74) is 4.10. The van der Waals surface area contributed by atoms with E-state index in [-0.39, 0.29) is 30.8 Å². The topological polar surface area (TPSA) is 97.5 Å². The lowest BCUT2D eigenvalue weighted by Gasteiger charge is -2.51. The zero-order chi connectivity index (χ0) is 24.2. The van der Waals surface area contributed by atoms with Crippen molar-refractivity contribution in [3.8, 4) is 17.2 Å². The van der Waals surface area contributed by atoms with Crippen LogP contribution in [0.3, 0.4) is 0 Å². The number of benzene rings is 2. The van der Waals surface area contributed by atoms with Gasteiger partial charge in [-0.3, -0.25) is 14.6 Å². The smallest absolute Gasteiger partial charge is 0.253 e. The fraction of sp³-hybridized carbons (Fsp3) is 0.259. The second-order valence-corrected chi connectivity index (χ2v) is 8.55. The largest absolute Gasteiger partial charge is 0.394 e. The minimum atomic E-state index is -0.643. The van der Waals surface area contributed by atoms with Gasteiger partial charge in [0.25, 0.3) is 5.91 Å². The van der Waals surface area contributed by atoms with Gasteiger partial charge in [0.15, 0.2) is 0 Å². The molecule has 1 aliphatic heterocycles. The van der Waals surface area contributed by atoms with Crippen LogP contribution in [0.4, 0.5) is 0 Å². The molecule has 7 nitrogen and oxygen atoms in total. The Hall–Kier alpha value is -4.02. The molecule has 0 bridgehead atoms. The van der Waals surface area contributed by atoms with Crippen LogP contribution < -0.4 is 0 Å². The van der Waals surface area contributed by atoms with E-state index in [9.17, 15) is 20.0 Å². The lowest BCUT2D eigenvalue weighted by atomic mass is 9.75. The number of hydrogen-bond donors (Lipinski definition) is 1. The van der Waals surface area contributed by atoms with Crippen LogP contribution in [-0.2, 0) is 11.2 Å². The Morgan fingerprint density at radius 3 is 2.21 bits per heavy atom. The number of nitrogens with zero attached hydrogens (tertiary/aromatic N) is 4. The van der Waals surface area contributed by atoms with Crippen molar-refractivity contribution in [1.82, 2.24) is 14.8 Å². The van der Waals surface area contributed by atoms with E-state index in [4.69, 9.17) is 0 Å². The first-order valence-electron chi connectivity index (χ1n) is 11.1. The molecule has 3 atom stereocenters. The minimum Gasteiger partial charge on any atom is -0.394 e. The Bertz CT molecular complexity index is 1200.